The Morgan fingerprint density at radius 3 is 2.39 bits per heavy atom. The van der Waals surface area contributed by atoms with Crippen molar-refractivity contribution in [2.75, 3.05) is 6.54 Å². The van der Waals surface area contributed by atoms with Gasteiger partial charge in [-0.05, 0) is 19.4 Å². The molecule has 1 aromatic rings. The lowest BCUT2D eigenvalue weighted by Gasteiger charge is -2.03. The van der Waals surface area contributed by atoms with Crippen LogP contribution in [0, 0.1) is 0 Å². The maximum Gasteiger partial charge on any atom is 0.364 e. The van der Waals surface area contributed by atoms with E-state index in [1.54, 1.807) is 5.38 Å². The molecule has 0 aliphatic rings. The van der Waals surface area contributed by atoms with Crippen LogP contribution in [0.3, 0.4) is 0 Å². The lowest BCUT2D eigenvalue weighted by atomic mass is 10.1. The molecule has 8 heteroatoms. The van der Waals surface area contributed by atoms with Crippen molar-refractivity contribution in [2.24, 2.45) is 11.5 Å². The molecule has 0 aliphatic carbocycles. The molecule has 0 radical (unpaired) electrons. The molecular weight excluding hydrogens is 258 g/mol. The molecule has 0 aliphatic heterocycles. The third-order valence-corrected chi connectivity index (χ3v) is 2.66. The molecule has 0 spiro atoms. The monoisotopic (exact) mass is 275 g/mol. The highest BCUT2D eigenvalue weighted by Gasteiger charge is 2.09. The number of hydrogen-bond donors (Lipinski definition) is 4. The summed E-state index contributed by atoms with van der Waals surface area (Å²) in [6.07, 6.45) is 3.63. The van der Waals surface area contributed by atoms with Crippen LogP contribution in [-0.4, -0.2) is 39.7 Å². The van der Waals surface area contributed by atoms with Crippen molar-refractivity contribution in [2.45, 2.75) is 25.3 Å². The summed E-state index contributed by atoms with van der Waals surface area (Å²) in [5.41, 5.74) is 10.4. The number of aromatic nitrogens is 1. The zero-order valence-corrected chi connectivity index (χ0v) is 10.6. The van der Waals surface area contributed by atoms with Crippen molar-refractivity contribution in [1.82, 2.24) is 4.98 Å². The first-order valence-electron chi connectivity index (χ1n) is 5.30. The Hall–Kier alpha value is -1.51. The number of carboxylic acid groups (broad SMARTS) is 2. The van der Waals surface area contributed by atoms with Crippen molar-refractivity contribution in [3.05, 3.63) is 16.6 Å². The lowest BCUT2D eigenvalue weighted by Crippen LogP contribution is -2.29. The van der Waals surface area contributed by atoms with Crippen molar-refractivity contribution in [1.29, 1.82) is 0 Å². The Labute approximate surface area is 108 Å². The largest absolute Gasteiger partial charge is 0.480 e. The van der Waals surface area contributed by atoms with Crippen LogP contribution < -0.4 is 11.5 Å². The number of carbonyl (C=O) groups is 2. The van der Waals surface area contributed by atoms with Crippen LogP contribution >= 0.6 is 11.3 Å². The number of aliphatic carboxylic acids is 1. The standard InChI is InChI=1S/C6H14N2O2.C4H3NO2S/c7-4-2-1-3-5(8)6(9)10;6-4(7)3-5-1-2-8-3/h5H,1-4,7-8H2,(H,9,10);1-2H,(H,6,7)/t5-;/m0./s1. The second-order valence-corrected chi connectivity index (χ2v) is 4.27. The molecule has 0 saturated heterocycles. The molecule has 0 bridgehead atoms. The van der Waals surface area contributed by atoms with E-state index >= 15 is 0 Å². The minimum atomic E-state index is -0.958. The maximum atomic E-state index is 10.1. The van der Waals surface area contributed by atoms with E-state index in [9.17, 15) is 9.59 Å². The summed E-state index contributed by atoms with van der Waals surface area (Å²) < 4.78 is 0. The smallest absolute Gasteiger partial charge is 0.364 e. The van der Waals surface area contributed by atoms with E-state index in [1.165, 1.54) is 6.20 Å². The van der Waals surface area contributed by atoms with Crippen LogP contribution in [0.4, 0.5) is 0 Å². The molecule has 0 amide bonds. The molecule has 1 atom stereocenters. The van der Waals surface area contributed by atoms with Crippen LogP contribution in [-0.2, 0) is 4.79 Å². The fraction of sp³-hybridized carbons (Fsp3) is 0.500. The quantitative estimate of drug-likeness (QED) is 0.550. The zero-order valence-electron chi connectivity index (χ0n) is 9.78. The summed E-state index contributed by atoms with van der Waals surface area (Å²) in [5, 5.41) is 18.3. The van der Waals surface area contributed by atoms with E-state index in [0.717, 1.165) is 24.2 Å². The molecule has 102 valence electrons. The molecule has 18 heavy (non-hydrogen) atoms. The molecule has 0 unspecified atom stereocenters. The normalized spacial score (nSPS) is 11.2. The molecule has 1 heterocycles. The average molecular weight is 275 g/mol. The molecular formula is C10H17N3O4S. The Morgan fingerprint density at radius 1 is 1.39 bits per heavy atom. The predicted molar refractivity (Wildman–Crippen MR) is 67.6 cm³/mol. The molecule has 0 fully saturated rings. The Bertz CT molecular complexity index is 356. The van der Waals surface area contributed by atoms with E-state index < -0.39 is 18.0 Å². The van der Waals surface area contributed by atoms with Gasteiger partial charge in [0.25, 0.3) is 0 Å². The predicted octanol–water partition coefficient (Wildman–Crippen LogP) is 0.369. The SMILES string of the molecule is NCCCC[C@H](N)C(=O)O.O=C(O)c1nccs1. The molecule has 1 aromatic heterocycles. The van der Waals surface area contributed by atoms with Gasteiger partial charge < -0.3 is 21.7 Å². The third kappa shape index (κ3) is 7.71. The summed E-state index contributed by atoms with van der Waals surface area (Å²) in [5.74, 6) is -1.89. The molecule has 1 rings (SSSR count). The number of aromatic carboxylic acids is 1. The highest BCUT2D eigenvalue weighted by Crippen LogP contribution is 2.01. The zero-order chi connectivity index (χ0) is 14.0. The van der Waals surface area contributed by atoms with Crippen molar-refractivity contribution >= 4 is 23.3 Å². The van der Waals surface area contributed by atoms with Gasteiger partial charge in [-0.3, -0.25) is 4.79 Å². The Kier molecular flexibility index (Phi) is 8.71. The van der Waals surface area contributed by atoms with Crippen LogP contribution in [0.1, 0.15) is 29.1 Å². The molecule has 7 nitrogen and oxygen atoms in total. The van der Waals surface area contributed by atoms with Gasteiger partial charge in [0.1, 0.15) is 6.04 Å². The van der Waals surface area contributed by atoms with E-state index in [1.807, 2.05) is 0 Å². The van der Waals surface area contributed by atoms with Crippen LogP contribution in [0.25, 0.3) is 0 Å². The fourth-order valence-corrected chi connectivity index (χ4v) is 1.43. The van der Waals surface area contributed by atoms with Gasteiger partial charge in [-0.1, -0.05) is 6.42 Å². The van der Waals surface area contributed by atoms with E-state index in [-0.39, 0.29) is 5.01 Å². The topological polar surface area (TPSA) is 140 Å². The first-order valence-corrected chi connectivity index (χ1v) is 6.18. The molecule has 0 aromatic carbocycles. The number of carboxylic acids is 2. The lowest BCUT2D eigenvalue weighted by molar-refractivity contribution is -0.138. The highest BCUT2D eigenvalue weighted by molar-refractivity contribution is 7.11. The third-order valence-electron chi connectivity index (χ3n) is 1.90. The molecule has 6 N–H and O–H groups in total. The van der Waals surface area contributed by atoms with Crippen molar-refractivity contribution < 1.29 is 19.8 Å². The fourth-order valence-electron chi connectivity index (χ4n) is 0.961. The second-order valence-electron chi connectivity index (χ2n) is 3.37. The number of rotatable bonds is 6. The Balaban J connectivity index is 0.000000327. The number of hydrogen-bond acceptors (Lipinski definition) is 6. The number of nitrogens with two attached hydrogens (primary N) is 2. The summed E-state index contributed by atoms with van der Waals surface area (Å²) in [4.78, 5) is 23.7. The first kappa shape index (κ1) is 16.5. The maximum absolute atomic E-state index is 10.1. The van der Waals surface area contributed by atoms with E-state index in [4.69, 9.17) is 21.7 Å². The average Bonchev–Trinajstić information content (AvgIpc) is 2.83. The van der Waals surface area contributed by atoms with E-state index in [2.05, 4.69) is 4.98 Å². The Morgan fingerprint density at radius 2 is 2.06 bits per heavy atom. The van der Waals surface area contributed by atoms with Gasteiger partial charge in [-0.15, -0.1) is 11.3 Å². The minimum Gasteiger partial charge on any atom is -0.480 e. The van der Waals surface area contributed by atoms with Gasteiger partial charge in [-0.2, -0.15) is 0 Å². The summed E-state index contributed by atoms with van der Waals surface area (Å²) >= 11 is 1.12. The first-order chi connectivity index (χ1) is 8.49. The van der Waals surface area contributed by atoms with Gasteiger partial charge in [0.2, 0.25) is 5.01 Å². The van der Waals surface area contributed by atoms with Crippen molar-refractivity contribution in [3.8, 4) is 0 Å². The number of unbranched alkanes of at least 4 members (excludes halogenated alkanes) is 1. The van der Waals surface area contributed by atoms with Gasteiger partial charge in [0.15, 0.2) is 0 Å². The summed E-state index contributed by atoms with van der Waals surface area (Å²) in [6.45, 7) is 0.604. The summed E-state index contributed by atoms with van der Waals surface area (Å²) in [7, 11) is 0. The highest BCUT2D eigenvalue weighted by atomic mass is 32.1. The van der Waals surface area contributed by atoms with E-state index in [0.29, 0.717) is 13.0 Å². The minimum absolute atomic E-state index is 0.144. The summed E-state index contributed by atoms with van der Waals surface area (Å²) in [6, 6.07) is -0.716. The van der Waals surface area contributed by atoms with Crippen LogP contribution in [0.2, 0.25) is 0 Å². The second kappa shape index (κ2) is 9.51. The molecule has 0 saturated carbocycles. The van der Waals surface area contributed by atoms with Crippen LogP contribution in [0.5, 0.6) is 0 Å². The van der Waals surface area contributed by atoms with Gasteiger partial charge in [0.05, 0.1) is 0 Å². The van der Waals surface area contributed by atoms with Gasteiger partial charge in [-0.25, -0.2) is 9.78 Å². The van der Waals surface area contributed by atoms with Gasteiger partial charge in [0, 0.05) is 11.6 Å². The number of nitrogens with zero attached hydrogens (tertiary/aromatic N) is 1. The van der Waals surface area contributed by atoms with Crippen molar-refractivity contribution in [3.63, 3.8) is 0 Å². The van der Waals surface area contributed by atoms with Gasteiger partial charge >= 0.3 is 11.9 Å². The van der Waals surface area contributed by atoms with Crippen LogP contribution in [0.15, 0.2) is 11.6 Å². The number of thiazole rings is 1.